The van der Waals surface area contributed by atoms with Gasteiger partial charge in [-0.2, -0.15) is 0 Å². The molecule has 0 amide bonds. The van der Waals surface area contributed by atoms with Crippen LogP contribution in [-0.4, -0.2) is 96.2 Å². The van der Waals surface area contributed by atoms with Crippen LogP contribution >= 0.6 is 0 Å². The van der Waals surface area contributed by atoms with Crippen LogP contribution in [-0.2, 0) is 14.3 Å². The predicted octanol–water partition coefficient (Wildman–Crippen LogP) is -5.88. The molecule has 0 aromatic heterocycles. The molecule has 23 heavy (non-hydrogen) atoms. The van der Waals surface area contributed by atoms with Crippen molar-refractivity contribution in [3.63, 3.8) is 0 Å². The van der Waals surface area contributed by atoms with Gasteiger partial charge in [0.2, 0.25) is 0 Å². The number of hydrogen-bond acceptors (Lipinski definition) is 9. The van der Waals surface area contributed by atoms with E-state index in [9.17, 15) is 30.0 Å². The first-order chi connectivity index (χ1) is 9.57. The summed E-state index contributed by atoms with van der Waals surface area (Å²) in [5.74, 6) is -7.80. The summed E-state index contributed by atoms with van der Waals surface area (Å²) in [7, 11) is 0. The Morgan fingerprint density at radius 3 is 2.13 bits per heavy atom. The topological polar surface area (TPSA) is 254 Å². The van der Waals surface area contributed by atoms with Crippen molar-refractivity contribution < 1.29 is 55.9 Å². The van der Waals surface area contributed by atoms with E-state index in [-0.39, 0.29) is 11.0 Å². The van der Waals surface area contributed by atoms with Gasteiger partial charge in [-0.1, -0.05) is 0 Å². The number of ether oxygens (including phenoxy) is 1. The van der Waals surface area contributed by atoms with Crippen LogP contribution in [0.15, 0.2) is 0 Å². The van der Waals surface area contributed by atoms with E-state index in [1.807, 2.05) is 0 Å². The third-order valence-corrected chi connectivity index (χ3v) is 3.51. The number of aliphatic hydroxyl groups excluding tert-OH is 4. The molecule has 1 heterocycles. The van der Waals surface area contributed by atoms with E-state index in [0.717, 1.165) is 6.92 Å². The maximum absolute atomic E-state index is 11.5. The molecule has 1 saturated heterocycles. The van der Waals surface area contributed by atoms with E-state index in [4.69, 9.17) is 20.7 Å². The number of aliphatic hydroxyl groups is 5. The van der Waals surface area contributed by atoms with E-state index in [1.165, 1.54) is 0 Å². The van der Waals surface area contributed by atoms with Crippen LogP contribution in [0.3, 0.4) is 0 Å². The van der Waals surface area contributed by atoms with Crippen molar-refractivity contribution in [1.29, 1.82) is 0 Å². The first kappa shape index (κ1) is 24.0. The summed E-state index contributed by atoms with van der Waals surface area (Å²) in [6, 6.07) is -1.46. The van der Waals surface area contributed by atoms with Crippen LogP contribution in [0, 0.1) is 5.92 Å². The highest BCUT2D eigenvalue weighted by Crippen LogP contribution is 2.35. The lowest BCUT2D eigenvalue weighted by Crippen LogP contribution is -2.71. The number of hydrogen-bond donors (Lipinski definition) is 7. The van der Waals surface area contributed by atoms with Gasteiger partial charge >= 0.3 is 5.97 Å². The largest absolute Gasteiger partial charge is 0.477 e. The van der Waals surface area contributed by atoms with Gasteiger partial charge in [0.25, 0.3) is 5.79 Å². The number of carboxylic acid groups (broad SMARTS) is 1. The smallest absolute Gasteiger partial charge is 0.365 e. The highest BCUT2D eigenvalue weighted by molar-refractivity contribution is 5.88. The van der Waals surface area contributed by atoms with Crippen molar-refractivity contribution in [3.8, 4) is 0 Å². The quantitative estimate of drug-likeness (QED) is 0.248. The molecule has 2 unspecified atom stereocenters. The predicted molar refractivity (Wildman–Crippen MR) is 71.9 cm³/mol. The normalized spacial score (nSPS) is 36.1. The standard InChI is InChI=1S/C11H19NO9.2H2O/c1-3(14)5-8(17)6(12)9(7(16)4(15)2-13)21-11(5,20)10(18)19;;/h4-9,13,15-17,20H,2,12H2,1H3,(H,18,19);2*1H2/t4-,5?,6-,7-,8+,9-,11?;;/m1../s1. The number of ketones is 1. The number of Topliss-reactive ketones (excluding diaryl/α,β-unsaturated/α-hetero) is 1. The highest BCUT2D eigenvalue weighted by atomic mass is 16.7. The van der Waals surface area contributed by atoms with Crippen LogP contribution in [0.1, 0.15) is 6.92 Å². The van der Waals surface area contributed by atoms with Crippen molar-refractivity contribution in [2.24, 2.45) is 11.7 Å². The van der Waals surface area contributed by atoms with Crippen LogP contribution in [0.5, 0.6) is 0 Å². The van der Waals surface area contributed by atoms with Gasteiger partial charge in [0.15, 0.2) is 0 Å². The summed E-state index contributed by atoms with van der Waals surface area (Å²) >= 11 is 0. The van der Waals surface area contributed by atoms with Gasteiger partial charge in [-0.05, 0) is 6.92 Å². The fourth-order valence-electron chi connectivity index (χ4n) is 2.33. The summed E-state index contributed by atoms with van der Waals surface area (Å²) in [5, 5.41) is 56.9. The minimum absolute atomic E-state index is 0. The molecule has 1 aliphatic heterocycles. The molecule has 12 N–H and O–H groups in total. The van der Waals surface area contributed by atoms with Gasteiger partial charge in [0.1, 0.15) is 30.0 Å². The SMILES string of the molecule is CC(=O)C1[C@H](O)[C@@H](N)[C@H]([C@H](O)[C@H](O)CO)OC1(O)C(=O)O.O.O. The number of carboxylic acids is 1. The lowest BCUT2D eigenvalue weighted by Gasteiger charge is -2.47. The van der Waals surface area contributed by atoms with Crippen LogP contribution in [0.25, 0.3) is 0 Å². The summed E-state index contributed by atoms with van der Waals surface area (Å²) < 4.78 is 4.81. The van der Waals surface area contributed by atoms with Crippen molar-refractivity contribution in [1.82, 2.24) is 0 Å². The number of carbonyl (C=O) groups is 2. The molecular formula is C11H23NO11. The first-order valence-corrected chi connectivity index (χ1v) is 6.12. The molecule has 1 rings (SSSR count). The van der Waals surface area contributed by atoms with E-state index in [2.05, 4.69) is 0 Å². The molecule has 1 fully saturated rings. The zero-order chi connectivity index (χ0) is 16.5. The van der Waals surface area contributed by atoms with Gasteiger partial charge in [0, 0.05) is 0 Å². The zero-order valence-electron chi connectivity index (χ0n) is 12.2. The van der Waals surface area contributed by atoms with Crippen LogP contribution < -0.4 is 5.73 Å². The monoisotopic (exact) mass is 345 g/mol. The minimum Gasteiger partial charge on any atom is -0.477 e. The van der Waals surface area contributed by atoms with Crippen LogP contribution in [0.2, 0.25) is 0 Å². The third kappa shape index (κ3) is 4.20. The van der Waals surface area contributed by atoms with E-state index < -0.39 is 60.5 Å². The van der Waals surface area contributed by atoms with Gasteiger partial charge in [-0.3, -0.25) is 4.79 Å². The number of carbonyl (C=O) groups excluding carboxylic acids is 1. The molecule has 0 aromatic carbocycles. The van der Waals surface area contributed by atoms with Crippen LogP contribution in [0.4, 0.5) is 0 Å². The van der Waals surface area contributed by atoms with E-state index in [0.29, 0.717) is 0 Å². The Hall–Kier alpha value is -1.22. The summed E-state index contributed by atoms with van der Waals surface area (Å²) in [4.78, 5) is 22.6. The van der Waals surface area contributed by atoms with Gasteiger partial charge < -0.3 is 52.1 Å². The second kappa shape index (κ2) is 8.58. The molecule has 7 atom stereocenters. The van der Waals surface area contributed by atoms with Crippen molar-refractivity contribution in [2.45, 2.75) is 43.2 Å². The average Bonchev–Trinajstić information content (AvgIpc) is 2.40. The third-order valence-electron chi connectivity index (χ3n) is 3.51. The van der Waals surface area contributed by atoms with Gasteiger partial charge in [-0.15, -0.1) is 0 Å². The van der Waals surface area contributed by atoms with Crippen molar-refractivity contribution in [3.05, 3.63) is 0 Å². The molecule has 12 nitrogen and oxygen atoms in total. The highest BCUT2D eigenvalue weighted by Gasteiger charge is 2.60. The summed E-state index contributed by atoms with van der Waals surface area (Å²) in [6.07, 6.45) is -7.15. The second-order valence-corrected chi connectivity index (χ2v) is 4.98. The molecule has 12 heteroatoms. The molecule has 0 spiro atoms. The molecule has 0 saturated carbocycles. The average molecular weight is 345 g/mol. The molecule has 1 aliphatic rings. The Bertz CT molecular complexity index is 419. The Balaban J connectivity index is 0. The molecule has 0 aromatic rings. The fraction of sp³-hybridized carbons (Fsp3) is 0.818. The maximum atomic E-state index is 11.5. The fourth-order valence-corrected chi connectivity index (χ4v) is 2.33. The molecule has 138 valence electrons. The minimum atomic E-state index is -3.11. The molecule has 0 radical (unpaired) electrons. The summed E-state index contributed by atoms with van der Waals surface area (Å²) in [5.41, 5.74) is 5.58. The van der Waals surface area contributed by atoms with E-state index in [1.54, 1.807) is 0 Å². The first-order valence-electron chi connectivity index (χ1n) is 6.12. The zero-order valence-corrected chi connectivity index (χ0v) is 12.2. The van der Waals surface area contributed by atoms with E-state index >= 15 is 0 Å². The summed E-state index contributed by atoms with van der Waals surface area (Å²) in [6.45, 7) is 0.0582. The second-order valence-electron chi connectivity index (χ2n) is 4.98. The lowest BCUT2D eigenvalue weighted by atomic mass is 9.79. The Morgan fingerprint density at radius 1 is 1.30 bits per heavy atom. The maximum Gasteiger partial charge on any atom is 0.365 e. The van der Waals surface area contributed by atoms with Crippen molar-refractivity contribution >= 4 is 11.8 Å². The number of rotatable bonds is 5. The Labute approximate surface area is 130 Å². The molecule has 0 bridgehead atoms. The Kier molecular flexibility index (Phi) is 8.97. The van der Waals surface area contributed by atoms with Gasteiger partial charge in [-0.25, -0.2) is 4.79 Å². The van der Waals surface area contributed by atoms with Gasteiger partial charge in [0.05, 0.1) is 18.8 Å². The molecule has 0 aliphatic carbocycles. The lowest BCUT2D eigenvalue weighted by molar-refractivity contribution is -0.311. The molecular weight excluding hydrogens is 322 g/mol. The van der Waals surface area contributed by atoms with Crippen molar-refractivity contribution in [2.75, 3.05) is 6.61 Å². The number of aliphatic carboxylic acids is 1. The number of nitrogens with two attached hydrogens (primary N) is 1. The Morgan fingerprint density at radius 2 is 1.78 bits per heavy atom.